The SMILES string of the molecule is [CH2]Sc1nnc(S)s1. The maximum atomic E-state index is 3.96. The van der Waals surface area contributed by atoms with Crippen LogP contribution < -0.4 is 0 Å². The van der Waals surface area contributed by atoms with E-state index in [-0.39, 0.29) is 0 Å². The van der Waals surface area contributed by atoms with Crippen molar-refractivity contribution in [3.8, 4) is 0 Å². The summed E-state index contributed by atoms with van der Waals surface area (Å²) < 4.78 is 1.55. The molecule has 0 unspecified atom stereocenters. The third-order valence-electron chi connectivity index (χ3n) is 0.519. The van der Waals surface area contributed by atoms with E-state index in [1.807, 2.05) is 0 Å². The van der Waals surface area contributed by atoms with Crippen molar-refractivity contribution in [1.82, 2.24) is 10.2 Å². The smallest absolute Gasteiger partial charge is 0.131 e. The molecule has 0 bridgehead atoms. The molecular formula is C3H3N2S3. The molecule has 5 heteroatoms. The third-order valence-corrected chi connectivity index (χ3v) is 2.34. The second kappa shape index (κ2) is 2.70. The summed E-state index contributed by atoms with van der Waals surface area (Å²) in [4.78, 5) is 0. The van der Waals surface area contributed by atoms with Gasteiger partial charge in [0.1, 0.15) is 0 Å². The van der Waals surface area contributed by atoms with Crippen LogP contribution in [0.5, 0.6) is 0 Å². The lowest BCUT2D eigenvalue weighted by molar-refractivity contribution is 0.959. The molecule has 2 nitrogen and oxygen atoms in total. The Morgan fingerprint density at radius 1 is 1.62 bits per heavy atom. The lowest BCUT2D eigenvalue weighted by Gasteiger charge is -1.74. The molecule has 0 atom stereocenters. The molecule has 1 rings (SSSR count). The van der Waals surface area contributed by atoms with Crippen molar-refractivity contribution in [2.24, 2.45) is 0 Å². The van der Waals surface area contributed by atoms with Gasteiger partial charge >= 0.3 is 0 Å². The molecule has 0 aliphatic rings. The lowest BCUT2D eigenvalue weighted by Crippen LogP contribution is -1.65. The molecule has 0 spiro atoms. The van der Waals surface area contributed by atoms with Crippen LogP contribution in [0.3, 0.4) is 0 Å². The largest absolute Gasteiger partial charge is 0.175 e. The highest BCUT2D eigenvalue weighted by molar-refractivity contribution is 8.02. The molecule has 0 saturated carbocycles. The van der Waals surface area contributed by atoms with Crippen molar-refractivity contribution in [2.75, 3.05) is 0 Å². The number of hydrogen-bond acceptors (Lipinski definition) is 5. The number of aromatic nitrogens is 2. The summed E-state index contributed by atoms with van der Waals surface area (Å²) in [6.45, 7) is 0. The van der Waals surface area contributed by atoms with Gasteiger partial charge in [-0.05, 0) is 0 Å². The Kier molecular flexibility index (Phi) is 2.16. The first-order valence-corrected chi connectivity index (χ1v) is 4.02. The van der Waals surface area contributed by atoms with Crippen LogP contribution in [0, 0.1) is 6.26 Å². The number of hydrogen-bond donors (Lipinski definition) is 1. The van der Waals surface area contributed by atoms with Gasteiger partial charge in [-0.1, -0.05) is 23.1 Å². The summed E-state index contributed by atoms with van der Waals surface area (Å²) in [5.41, 5.74) is 0. The van der Waals surface area contributed by atoms with Gasteiger partial charge in [-0.15, -0.1) is 22.8 Å². The average molecular weight is 163 g/mol. The number of nitrogens with zero attached hydrogens (tertiary/aromatic N) is 2. The van der Waals surface area contributed by atoms with Gasteiger partial charge in [0.2, 0.25) is 0 Å². The molecule has 1 aromatic rings. The van der Waals surface area contributed by atoms with E-state index in [9.17, 15) is 0 Å². The molecule has 0 aromatic carbocycles. The Bertz CT molecular complexity index is 173. The highest BCUT2D eigenvalue weighted by Gasteiger charge is 1.95. The van der Waals surface area contributed by atoms with E-state index < -0.39 is 0 Å². The van der Waals surface area contributed by atoms with Crippen LogP contribution in [0.4, 0.5) is 0 Å². The molecule has 0 aliphatic heterocycles. The van der Waals surface area contributed by atoms with Gasteiger partial charge in [-0.2, -0.15) is 0 Å². The van der Waals surface area contributed by atoms with Crippen LogP contribution in [-0.4, -0.2) is 10.2 Å². The summed E-state index contributed by atoms with van der Waals surface area (Å²) in [7, 11) is 0. The van der Waals surface area contributed by atoms with Crippen molar-refractivity contribution in [2.45, 2.75) is 8.68 Å². The predicted octanol–water partition coefficient (Wildman–Crippen LogP) is 1.71. The van der Waals surface area contributed by atoms with Gasteiger partial charge < -0.3 is 0 Å². The molecule has 0 N–H and O–H groups in total. The summed E-state index contributed by atoms with van der Waals surface area (Å²) in [5, 5.41) is 7.39. The molecule has 1 aromatic heterocycles. The zero-order valence-corrected chi connectivity index (χ0v) is 6.39. The Balaban J connectivity index is 2.84. The van der Waals surface area contributed by atoms with Crippen molar-refractivity contribution >= 4 is 35.7 Å². The first-order valence-electron chi connectivity index (χ1n) is 1.77. The fourth-order valence-corrected chi connectivity index (χ4v) is 1.64. The van der Waals surface area contributed by atoms with Crippen molar-refractivity contribution in [1.29, 1.82) is 0 Å². The zero-order valence-electron chi connectivity index (χ0n) is 3.87. The normalized spacial score (nSPS) is 9.75. The summed E-state index contributed by atoms with van der Waals surface area (Å²) >= 11 is 6.73. The molecule has 0 aliphatic carbocycles. The van der Waals surface area contributed by atoms with E-state index in [1.54, 1.807) is 0 Å². The zero-order chi connectivity index (χ0) is 5.98. The van der Waals surface area contributed by atoms with Crippen molar-refractivity contribution in [3.05, 3.63) is 6.26 Å². The fourth-order valence-electron chi connectivity index (χ4n) is 0.261. The highest BCUT2D eigenvalue weighted by atomic mass is 32.2. The molecular weight excluding hydrogens is 160 g/mol. The molecule has 0 fully saturated rings. The Morgan fingerprint density at radius 3 is 2.62 bits per heavy atom. The van der Waals surface area contributed by atoms with Crippen molar-refractivity contribution in [3.63, 3.8) is 0 Å². The quantitative estimate of drug-likeness (QED) is 0.504. The maximum Gasteiger partial charge on any atom is 0.175 e. The van der Waals surface area contributed by atoms with E-state index in [0.717, 1.165) is 4.34 Å². The maximum absolute atomic E-state index is 3.96. The van der Waals surface area contributed by atoms with E-state index >= 15 is 0 Å². The topological polar surface area (TPSA) is 25.8 Å². The standard InChI is InChI=1S/C3H3N2S3/c1-7-3-5-4-2(6)8-3/h1H2,(H,4,6). The minimum absolute atomic E-state index is 0.691. The lowest BCUT2D eigenvalue weighted by atomic mass is 11.6. The van der Waals surface area contributed by atoms with Gasteiger partial charge in [0.05, 0.1) is 0 Å². The predicted molar refractivity (Wildman–Crippen MR) is 38.4 cm³/mol. The van der Waals surface area contributed by atoms with Crippen molar-refractivity contribution < 1.29 is 0 Å². The minimum atomic E-state index is 0.691. The molecule has 1 heterocycles. The Labute approximate surface area is 61.1 Å². The van der Waals surface area contributed by atoms with E-state index in [1.165, 1.54) is 23.1 Å². The van der Waals surface area contributed by atoms with Crippen LogP contribution >= 0.6 is 35.7 Å². The Hall–Kier alpha value is 0.260. The molecule has 8 heavy (non-hydrogen) atoms. The summed E-state index contributed by atoms with van der Waals surface area (Å²) in [6, 6.07) is 0. The van der Waals surface area contributed by atoms with E-state index in [2.05, 4.69) is 29.1 Å². The first kappa shape index (κ1) is 6.38. The second-order valence-electron chi connectivity index (χ2n) is 0.995. The monoisotopic (exact) mass is 163 g/mol. The molecule has 43 valence electrons. The van der Waals surface area contributed by atoms with Gasteiger partial charge in [0, 0.05) is 6.26 Å². The Morgan fingerprint density at radius 2 is 2.38 bits per heavy atom. The molecule has 1 radical (unpaired) electrons. The fraction of sp³-hybridized carbons (Fsp3) is 0. The number of thioether (sulfide) groups is 1. The van der Waals surface area contributed by atoms with Gasteiger partial charge in [-0.3, -0.25) is 0 Å². The minimum Gasteiger partial charge on any atom is -0.131 e. The van der Waals surface area contributed by atoms with Crippen LogP contribution in [0.2, 0.25) is 0 Å². The van der Waals surface area contributed by atoms with E-state index in [4.69, 9.17) is 0 Å². The van der Waals surface area contributed by atoms with Gasteiger partial charge in [0.25, 0.3) is 0 Å². The average Bonchev–Trinajstić information content (AvgIpc) is 2.14. The molecule has 0 amide bonds. The number of rotatable bonds is 1. The highest BCUT2D eigenvalue weighted by Crippen LogP contribution is 2.22. The van der Waals surface area contributed by atoms with Crippen LogP contribution in [0.15, 0.2) is 8.68 Å². The number of thiol groups is 1. The van der Waals surface area contributed by atoms with Crippen LogP contribution in [0.25, 0.3) is 0 Å². The molecule has 0 saturated heterocycles. The van der Waals surface area contributed by atoms with Crippen LogP contribution in [-0.2, 0) is 0 Å². The van der Waals surface area contributed by atoms with Gasteiger partial charge in [-0.25, -0.2) is 0 Å². The van der Waals surface area contributed by atoms with E-state index in [0.29, 0.717) is 4.34 Å². The summed E-state index contributed by atoms with van der Waals surface area (Å²) in [6.07, 6.45) is 3.56. The van der Waals surface area contributed by atoms with Crippen LogP contribution in [0.1, 0.15) is 0 Å². The summed E-state index contributed by atoms with van der Waals surface area (Å²) in [5.74, 6) is 0. The third kappa shape index (κ3) is 1.37. The van der Waals surface area contributed by atoms with Gasteiger partial charge in [0.15, 0.2) is 8.68 Å². The first-order chi connectivity index (χ1) is 3.83. The second-order valence-corrected chi connectivity index (χ2v) is 3.63.